The second kappa shape index (κ2) is 8.54. The smallest absolute Gasteiger partial charge is 0.325 e. The Hall–Kier alpha value is -3.94. The molecule has 168 valence electrons. The molecule has 0 spiro atoms. The molecule has 4 aromatic rings. The van der Waals surface area contributed by atoms with Crippen molar-refractivity contribution in [3.63, 3.8) is 0 Å². The van der Waals surface area contributed by atoms with Crippen LogP contribution < -0.4 is 16.1 Å². The molecule has 1 aliphatic rings. The fourth-order valence-electron chi connectivity index (χ4n) is 4.54. The van der Waals surface area contributed by atoms with Crippen molar-refractivity contribution in [1.29, 1.82) is 0 Å². The summed E-state index contributed by atoms with van der Waals surface area (Å²) >= 11 is 0. The fourth-order valence-corrected chi connectivity index (χ4v) is 4.54. The third-order valence-corrected chi connectivity index (χ3v) is 6.21. The lowest BCUT2D eigenvalue weighted by Gasteiger charge is -2.29. The van der Waals surface area contributed by atoms with Crippen LogP contribution in [0.25, 0.3) is 11.2 Å². The molecule has 0 saturated carbocycles. The van der Waals surface area contributed by atoms with Gasteiger partial charge in [0.1, 0.15) is 6.54 Å². The number of carbonyl (C=O) groups excluding carboxylic acids is 1. The van der Waals surface area contributed by atoms with E-state index in [0.29, 0.717) is 24.3 Å². The molecule has 1 aliphatic heterocycles. The van der Waals surface area contributed by atoms with Crippen molar-refractivity contribution in [3.8, 4) is 0 Å². The molecule has 0 N–H and O–H groups in total. The van der Waals surface area contributed by atoms with Crippen LogP contribution in [0.2, 0.25) is 0 Å². The van der Waals surface area contributed by atoms with Gasteiger partial charge < -0.3 is 9.47 Å². The molecule has 8 nitrogen and oxygen atoms in total. The summed E-state index contributed by atoms with van der Waals surface area (Å²) in [5.74, 6) is -0.269. The van der Waals surface area contributed by atoms with Crippen molar-refractivity contribution in [1.82, 2.24) is 18.7 Å². The minimum absolute atomic E-state index is 0.262. The highest BCUT2D eigenvalue weighted by atomic mass is 16.2. The summed E-state index contributed by atoms with van der Waals surface area (Å²) in [5, 5.41) is 0. The molecule has 0 atom stereocenters. The van der Waals surface area contributed by atoms with E-state index in [1.807, 2.05) is 61.5 Å². The Labute approximate surface area is 190 Å². The first-order valence-electron chi connectivity index (χ1n) is 11.2. The lowest BCUT2D eigenvalue weighted by molar-refractivity contribution is -0.119. The van der Waals surface area contributed by atoms with Gasteiger partial charge in [-0.2, -0.15) is 0 Å². The summed E-state index contributed by atoms with van der Waals surface area (Å²) in [5.41, 5.74) is 2.52. The number of anilines is 1. The van der Waals surface area contributed by atoms with Gasteiger partial charge in [-0.3, -0.25) is 14.2 Å². The molecule has 0 radical (unpaired) electrons. The summed E-state index contributed by atoms with van der Waals surface area (Å²) < 4.78 is 4.25. The van der Waals surface area contributed by atoms with E-state index >= 15 is 0 Å². The molecule has 0 fully saturated rings. The third kappa shape index (κ3) is 3.67. The Balaban J connectivity index is 1.60. The number of nitrogens with zero attached hydrogens (tertiary/aromatic N) is 5. The van der Waals surface area contributed by atoms with Crippen LogP contribution in [0.1, 0.15) is 24.5 Å². The number of amides is 1. The number of hydrogen-bond donors (Lipinski definition) is 0. The molecule has 2 aromatic carbocycles. The van der Waals surface area contributed by atoms with Crippen molar-refractivity contribution in [2.75, 3.05) is 11.4 Å². The molecular weight excluding hydrogens is 418 g/mol. The Kier molecular flexibility index (Phi) is 5.42. The average Bonchev–Trinajstić information content (AvgIpc) is 3.29. The van der Waals surface area contributed by atoms with Crippen LogP contribution in [-0.2, 0) is 30.8 Å². The monoisotopic (exact) mass is 443 g/mol. The number of imidazole rings is 1. The van der Waals surface area contributed by atoms with Crippen molar-refractivity contribution in [3.05, 3.63) is 92.9 Å². The first kappa shape index (κ1) is 20.9. The Morgan fingerprint density at radius 2 is 1.76 bits per heavy atom. The maximum Gasteiger partial charge on any atom is 0.333 e. The van der Waals surface area contributed by atoms with Gasteiger partial charge in [-0.25, -0.2) is 14.3 Å². The van der Waals surface area contributed by atoms with Gasteiger partial charge in [0.15, 0.2) is 11.2 Å². The van der Waals surface area contributed by atoms with Crippen LogP contribution in [0.4, 0.5) is 5.69 Å². The number of rotatable bonds is 5. The Morgan fingerprint density at radius 1 is 1.00 bits per heavy atom. The largest absolute Gasteiger partial charge is 0.333 e. The van der Waals surface area contributed by atoms with Gasteiger partial charge >= 0.3 is 5.69 Å². The first-order chi connectivity index (χ1) is 16.1. The van der Waals surface area contributed by atoms with Gasteiger partial charge in [0.2, 0.25) is 5.91 Å². The summed E-state index contributed by atoms with van der Waals surface area (Å²) in [4.78, 5) is 46.2. The number of benzene rings is 2. The molecule has 0 bridgehead atoms. The molecule has 8 heteroatoms. The molecular formula is C25H25N5O3. The topological polar surface area (TPSA) is 82.1 Å². The van der Waals surface area contributed by atoms with Crippen LogP contribution >= 0.6 is 0 Å². The van der Waals surface area contributed by atoms with E-state index in [-0.39, 0.29) is 19.0 Å². The second-order valence-corrected chi connectivity index (χ2v) is 8.23. The average molecular weight is 444 g/mol. The molecule has 0 unspecified atom stereocenters. The van der Waals surface area contributed by atoms with Gasteiger partial charge in [-0.05, 0) is 37.0 Å². The maximum atomic E-state index is 13.5. The number of carbonyl (C=O) groups is 1. The van der Waals surface area contributed by atoms with Crippen LogP contribution in [0, 0.1) is 0 Å². The highest BCUT2D eigenvalue weighted by molar-refractivity contribution is 5.94. The Morgan fingerprint density at radius 3 is 2.55 bits per heavy atom. The van der Waals surface area contributed by atoms with E-state index in [2.05, 4.69) is 4.98 Å². The predicted octanol–water partition coefficient (Wildman–Crippen LogP) is 2.41. The number of aryl methyl sites for hydroxylation is 2. The van der Waals surface area contributed by atoms with Crippen molar-refractivity contribution in [2.45, 2.75) is 39.4 Å². The van der Waals surface area contributed by atoms with Gasteiger partial charge in [0.25, 0.3) is 5.56 Å². The molecule has 1 amide bonds. The first-order valence-corrected chi connectivity index (χ1v) is 11.2. The van der Waals surface area contributed by atoms with Crippen LogP contribution in [0.5, 0.6) is 0 Å². The minimum atomic E-state index is -0.531. The van der Waals surface area contributed by atoms with E-state index in [0.717, 1.165) is 34.2 Å². The summed E-state index contributed by atoms with van der Waals surface area (Å²) in [6, 6.07) is 17.3. The molecule has 3 heterocycles. The number of aromatic nitrogens is 4. The Bertz CT molecular complexity index is 1450. The predicted molar refractivity (Wildman–Crippen MR) is 127 cm³/mol. The minimum Gasteiger partial charge on any atom is -0.325 e. The van der Waals surface area contributed by atoms with Crippen molar-refractivity contribution < 1.29 is 4.79 Å². The van der Waals surface area contributed by atoms with Crippen molar-refractivity contribution >= 4 is 22.8 Å². The van der Waals surface area contributed by atoms with E-state index in [1.165, 1.54) is 4.57 Å². The van der Waals surface area contributed by atoms with E-state index < -0.39 is 11.2 Å². The lowest BCUT2D eigenvalue weighted by atomic mass is 10.0. The zero-order valence-corrected chi connectivity index (χ0v) is 18.5. The number of para-hydroxylation sites is 1. The van der Waals surface area contributed by atoms with Gasteiger partial charge in [0, 0.05) is 18.8 Å². The summed E-state index contributed by atoms with van der Waals surface area (Å²) in [7, 11) is 0. The standard InChI is InChI=1S/C25H25N5O3/c1-2-27-17-26-23-22(27)24(32)30(25(33)29(23)15-18-9-4-3-5-10-18)16-21(31)28-14-8-12-19-11-6-7-13-20(19)28/h3-7,9-11,13,17H,2,8,12,14-16H2,1H3. The summed E-state index contributed by atoms with van der Waals surface area (Å²) in [6.45, 7) is 2.96. The highest BCUT2D eigenvalue weighted by Crippen LogP contribution is 2.26. The van der Waals surface area contributed by atoms with E-state index in [1.54, 1.807) is 15.8 Å². The van der Waals surface area contributed by atoms with Crippen LogP contribution in [0.3, 0.4) is 0 Å². The molecule has 0 saturated heterocycles. The lowest BCUT2D eigenvalue weighted by Crippen LogP contribution is -2.46. The molecule has 0 aliphatic carbocycles. The third-order valence-electron chi connectivity index (χ3n) is 6.21. The maximum absolute atomic E-state index is 13.5. The SMILES string of the molecule is CCn1cnc2c1c(=O)n(CC(=O)N1CCCc3ccccc31)c(=O)n2Cc1ccccc1. The quantitative estimate of drug-likeness (QED) is 0.474. The zero-order chi connectivity index (χ0) is 22.9. The highest BCUT2D eigenvalue weighted by Gasteiger charge is 2.25. The van der Waals surface area contributed by atoms with E-state index in [4.69, 9.17) is 0 Å². The fraction of sp³-hybridized carbons (Fsp3) is 0.280. The van der Waals surface area contributed by atoms with Gasteiger partial charge in [-0.1, -0.05) is 48.5 Å². The van der Waals surface area contributed by atoms with Crippen LogP contribution in [0.15, 0.2) is 70.5 Å². The number of fused-ring (bicyclic) bond motifs is 2. The van der Waals surface area contributed by atoms with Gasteiger partial charge in [-0.15, -0.1) is 0 Å². The van der Waals surface area contributed by atoms with Gasteiger partial charge in [0.05, 0.1) is 12.9 Å². The summed E-state index contributed by atoms with van der Waals surface area (Å²) in [6.07, 6.45) is 3.32. The second-order valence-electron chi connectivity index (χ2n) is 8.23. The van der Waals surface area contributed by atoms with E-state index in [9.17, 15) is 14.4 Å². The van der Waals surface area contributed by atoms with Crippen molar-refractivity contribution in [2.24, 2.45) is 0 Å². The van der Waals surface area contributed by atoms with Crippen LogP contribution in [-0.4, -0.2) is 31.1 Å². The number of hydrogen-bond acceptors (Lipinski definition) is 4. The zero-order valence-electron chi connectivity index (χ0n) is 18.5. The molecule has 33 heavy (non-hydrogen) atoms. The molecule has 2 aromatic heterocycles. The molecule has 5 rings (SSSR count). The normalized spacial score (nSPS) is 13.3.